The second kappa shape index (κ2) is 5.28. The molecule has 0 saturated carbocycles. The summed E-state index contributed by atoms with van der Waals surface area (Å²) in [6, 6.07) is 10.5. The number of hydrogen-bond acceptors (Lipinski definition) is 2. The first-order valence-corrected chi connectivity index (χ1v) is 5.89. The van der Waals surface area contributed by atoms with Crippen LogP contribution in [0.3, 0.4) is 0 Å². The maximum absolute atomic E-state index is 13.2. The van der Waals surface area contributed by atoms with Crippen molar-refractivity contribution >= 4 is 28.9 Å². The van der Waals surface area contributed by atoms with E-state index in [-0.39, 0.29) is 11.4 Å². The Kier molecular flexibility index (Phi) is 3.71. The standard InChI is InChI=1S/C14H11ClFNO2/c1-17(11-4-2-3-10(16)8-11)13-6-5-9(14(18)19)7-12(13)15/h2-8H,1H3,(H,18,19). The van der Waals surface area contributed by atoms with Gasteiger partial charge in [0.05, 0.1) is 16.3 Å². The van der Waals surface area contributed by atoms with Crippen LogP contribution in [0, 0.1) is 5.82 Å². The van der Waals surface area contributed by atoms with Crippen LogP contribution in [0.25, 0.3) is 0 Å². The van der Waals surface area contributed by atoms with Gasteiger partial charge in [0.15, 0.2) is 0 Å². The Labute approximate surface area is 114 Å². The molecule has 3 nitrogen and oxygen atoms in total. The highest BCUT2D eigenvalue weighted by atomic mass is 35.5. The number of hydrogen-bond donors (Lipinski definition) is 1. The zero-order valence-corrected chi connectivity index (χ0v) is 10.9. The summed E-state index contributed by atoms with van der Waals surface area (Å²) >= 11 is 6.06. The number of anilines is 2. The Morgan fingerprint density at radius 3 is 2.58 bits per heavy atom. The normalized spacial score (nSPS) is 10.3. The van der Waals surface area contributed by atoms with Crippen molar-refractivity contribution in [3.8, 4) is 0 Å². The number of carboxylic acid groups (broad SMARTS) is 1. The summed E-state index contributed by atoms with van der Waals surface area (Å²) in [5.74, 6) is -1.38. The summed E-state index contributed by atoms with van der Waals surface area (Å²) in [5, 5.41) is 9.17. The highest BCUT2D eigenvalue weighted by Gasteiger charge is 2.11. The zero-order chi connectivity index (χ0) is 14.0. The molecule has 0 atom stereocenters. The summed E-state index contributed by atoms with van der Waals surface area (Å²) in [7, 11) is 1.73. The molecule has 0 amide bonds. The van der Waals surface area contributed by atoms with Gasteiger partial charge in [0.25, 0.3) is 0 Å². The summed E-state index contributed by atoms with van der Waals surface area (Å²) in [5.41, 5.74) is 1.35. The molecule has 98 valence electrons. The van der Waals surface area contributed by atoms with Gasteiger partial charge in [-0.15, -0.1) is 0 Å². The fourth-order valence-corrected chi connectivity index (χ4v) is 2.04. The predicted octanol–water partition coefficient (Wildman–Crippen LogP) is 3.95. The van der Waals surface area contributed by atoms with Crippen LogP contribution in [0.2, 0.25) is 5.02 Å². The molecule has 0 bridgehead atoms. The average molecular weight is 280 g/mol. The molecule has 1 N–H and O–H groups in total. The first-order valence-electron chi connectivity index (χ1n) is 5.51. The van der Waals surface area contributed by atoms with Gasteiger partial charge in [0.2, 0.25) is 0 Å². The monoisotopic (exact) mass is 279 g/mol. The van der Waals surface area contributed by atoms with Gasteiger partial charge in [-0.05, 0) is 36.4 Å². The topological polar surface area (TPSA) is 40.5 Å². The van der Waals surface area contributed by atoms with Crippen molar-refractivity contribution in [3.63, 3.8) is 0 Å². The number of halogens is 2. The molecule has 0 spiro atoms. The Bertz CT molecular complexity index is 631. The van der Waals surface area contributed by atoms with E-state index >= 15 is 0 Å². The van der Waals surface area contributed by atoms with Gasteiger partial charge < -0.3 is 10.0 Å². The Balaban J connectivity index is 2.39. The fraction of sp³-hybridized carbons (Fsp3) is 0.0714. The van der Waals surface area contributed by atoms with Crippen molar-refractivity contribution in [2.75, 3.05) is 11.9 Å². The van der Waals surface area contributed by atoms with E-state index in [1.54, 1.807) is 30.1 Å². The lowest BCUT2D eigenvalue weighted by Gasteiger charge is -2.21. The van der Waals surface area contributed by atoms with E-state index in [4.69, 9.17) is 16.7 Å². The quantitative estimate of drug-likeness (QED) is 0.925. The summed E-state index contributed by atoms with van der Waals surface area (Å²) in [6.07, 6.45) is 0. The maximum Gasteiger partial charge on any atom is 0.335 e. The minimum atomic E-state index is -1.04. The van der Waals surface area contributed by atoms with Crippen molar-refractivity contribution in [2.24, 2.45) is 0 Å². The van der Waals surface area contributed by atoms with E-state index in [2.05, 4.69) is 0 Å². The summed E-state index contributed by atoms with van der Waals surface area (Å²) in [6.45, 7) is 0. The van der Waals surface area contributed by atoms with Crippen LogP contribution < -0.4 is 4.90 Å². The van der Waals surface area contributed by atoms with Crippen molar-refractivity contribution < 1.29 is 14.3 Å². The molecule has 2 aromatic rings. The molecule has 19 heavy (non-hydrogen) atoms. The van der Waals surface area contributed by atoms with Gasteiger partial charge in [0.1, 0.15) is 5.82 Å². The molecule has 0 fully saturated rings. The molecule has 0 saturated heterocycles. The highest BCUT2D eigenvalue weighted by Crippen LogP contribution is 2.31. The number of aromatic carboxylic acids is 1. The average Bonchev–Trinajstić information content (AvgIpc) is 2.37. The lowest BCUT2D eigenvalue weighted by molar-refractivity contribution is 0.0697. The first kappa shape index (κ1) is 13.4. The van der Waals surface area contributed by atoms with E-state index in [0.717, 1.165) is 0 Å². The number of rotatable bonds is 3. The molecule has 0 radical (unpaired) electrons. The fourth-order valence-electron chi connectivity index (χ4n) is 1.74. The molecule has 0 unspecified atom stereocenters. The second-order valence-corrected chi connectivity index (χ2v) is 4.42. The van der Waals surface area contributed by atoms with Gasteiger partial charge in [-0.2, -0.15) is 0 Å². The van der Waals surface area contributed by atoms with Gasteiger partial charge in [0, 0.05) is 12.7 Å². The van der Waals surface area contributed by atoms with E-state index in [9.17, 15) is 9.18 Å². The molecule has 2 aromatic carbocycles. The van der Waals surface area contributed by atoms with Crippen LogP contribution in [-0.4, -0.2) is 18.1 Å². The SMILES string of the molecule is CN(c1cccc(F)c1)c1ccc(C(=O)O)cc1Cl. The molecule has 2 rings (SSSR count). The minimum absolute atomic E-state index is 0.112. The number of carbonyl (C=O) groups is 1. The van der Waals surface area contributed by atoms with Crippen molar-refractivity contribution in [1.82, 2.24) is 0 Å². The number of carboxylic acids is 1. The molecule has 0 heterocycles. The van der Waals surface area contributed by atoms with Crippen LogP contribution in [0.5, 0.6) is 0 Å². The van der Waals surface area contributed by atoms with Crippen LogP contribution in [0.15, 0.2) is 42.5 Å². The van der Waals surface area contributed by atoms with Gasteiger partial charge >= 0.3 is 5.97 Å². The lowest BCUT2D eigenvalue weighted by atomic mass is 10.2. The Hall–Kier alpha value is -2.07. The molecular formula is C14H11ClFNO2. The van der Waals surface area contributed by atoms with Gasteiger partial charge in [-0.1, -0.05) is 17.7 Å². The van der Waals surface area contributed by atoms with Crippen LogP contribution in [-0.2, 0) is 0 Å². The van der Waals surface area contributed by atoms with Gasteiger partial charge in [-0.25, -0.2) is 9.18 Å². The summed E-state index contributed by atoms with van der Waals surface area (Å²) < 4.78 is 13.2. The predicted molar refractivity (Wildman–Crippen MR) is 72.9 cm³/mol. The Morgan fingerprint density at radius 2 is 2.00 bits per heavy atom. The zero-order valence-electron chi connectivity index (χ0n) is 10.1. The van der Waals surface area contributed by atoms with Crippen LogP contribution >= 0.6 is 11.6 Å². The van der Waals surface area contributed by atoms with Crippen molar-refractivity contribution in [1.29, 1.82) is 0 Å². The molecule has 0 aliphatic heterocycles. The highest BCUT2D eigenvalue weighted by molar-refractivity contribution is 6.33. The maximum atomic E-state index is 13.2. The van der Waals surface area contributed by atoms with Gasteiger partial charge in [-0.3, -0.25) is 0 Å². The van der Waals surface area contributed by atoms with Crippen molar-refractivity contribution in [2.45, 2.75) is 0 Å². The lowest BCUT2D eigenvalue weighted by Crippen LogP contribution is -2.10. The second-order valence-electron chi connectivity index (χ2n) is 4.01. The van der Waals surface area contributed by atoms with Crippen LogP contribution in [0.4, 0.5) is 15.8 Å². The smallest absolute Gasteiger partial charge is 0.335 e. The largest absolute Gasteiger partial charge is 0.478 e. The number of benzene rings is 2. The van der Waals surface area contributed by atoms with Crippen molar-refractivity contribution in [3.05, 3.63) is 58.9 Å². The third-order valence-corrected chi connectivity index (χ3v) is 3.05. The van der Waals surface area contributed by atoms with E-state index < -0.39 is 5.97 Å². The third-order valence-electron chi connectivity index (χ3n) is 2.75. The van der Waals surface area contributed by atoms with E-state index in [1.165, 1.54) is 24.3 Å². The van der Waals surface area contributed by atoms with E-state index in [1.807, 2.05) is 0 Å². The molecule has 5 heteroatoms. The third kappa shape index (κ3) is 2.85. The minimum Gasteiger partial charge on any atom is -0.478 e. The van der Waals surface area contributed by atoms with E-state index in [0.29, 0.717) is 16.4 Å². The number of nitrogens with zero attached hydrogens (tertiary/aromatic N) is 1. The Morgan fingerprint density at radius 1 is 1.26 bits per heavy atom. The molecule has 0 aliphatic rings. The molecule has 0 aromatic heterocycles. The first-order chi connectivity index (χ1) is 8.99. The summed E-state index contributed by atoms with van der Waals surface area (Å²) in [4.78, 5) is 12.5. The molecular weight excluding hydrogens is 269 g/mol. The van der Waals surface area contributed by atoms with Crippen LogP contribution in [0.1, 0.15) is 10.4 Å². The molecule has 0 aliphatic carbocycles.